The topological polar surface area (TPSA) is 84.7 Å². The summed E-state index contributed by atoms with van der Waals surface area (Å²) in [6.45, 7) is 2.73. The Morgan fingerprint density at radius 3 is 2.59 bits per heavy atom. The van der Waals surface area contributed by atoms with E-state index in [1.54, 1.807) is 12.0 Å². The highest BCUT2D eigenvalue weighted by atomic mass is 16.5. The summed E-state index contributed by atoms with van der Waals surface area (Å²) in [7, 11) is 1.60. The normalized spacial score (nSPS) is 18.9. The molecule has 0 aliphatic carbocycles. The van der Waals surface area contributed by atoms with Crippen LogP contribution in [-0.4, -0.2) is 43.0 Å². The Bertz CT molecular complexity index is 530. The van der Waals surface area contributed by atoms with Crippen molar-refractivity contribution in [1.29, 1.82) is 0 Å². The molecule has 1 aliphatic rings. The zero-order valence-electron chi connectivity index (χ0n) is 13.0. The molecule has 120 valence electrons. The molecule has 1 saturated heterocycles. The molecule has 2 amide bonds. The summed E-state index contributed by atoms with van der Waals surface area (Å²) < 4.78 is 5.13. The van der Waals surface area contributed by atoms with Crippen molar-refractivity contribution < 1.29 is 14.3 Å². The molecule has 1 aromatic rings. The third kappa shape index (κ3) is 4.21. The maximum Gasteiger partial charge on any atom is 0.225 e. The molecular weight excluding hydrogens is 282 g/mol. The molecule has 6 nitrogen and oxygen atoms in total. The highest BCUT2D eigenvalue weighted by Gasteiger charge is 2.26. The Kier molecular flexibility index (Phi) is 5.38. The van der Waals surface area contributed by atoms with E-state index in [9.17, 15) is 9.59 Å². The number of nitrogens with zero attached hydrogens (tertiary/aromatic N) is 1. The Morgan fingerprint density at radius 1 is 1.41 bits per heavy atom. The number of ether oxygens (including phenoxy) is 1. The first kappa shape index (κ1) is 16.3. The van der Waals surface area contributed by atoms with Gasteiger partial charge in [0.1, 0.15) is 5.75 Å². The Balaban J connectivity index is 2.08. The number of nitrogens with two attached hydrogens (primary N) is 1. The highest BCUT2D eigenvalue weighted by Crippen LogP contribution is 2.22. The van der Waals surface area contributed by atoms with Crippen LogP contribution in [0.5, 0.6) is 5.75 Å². The summed E-state index contributed by atoms with van der Waals surface area (Å²) >= 11 is 0. The van der Waals surface area contributed by atoms with Crippen LogP contribution in [0.3, 0.4) is 0 Å². The van der Waals surface area contributed by atoms with E-state index in [2.05, 4.69) is 5.32 Å². The zero-order valence-corrected chi connectivity index (χ0v) is 13.0. The van der Waals surface area contributed by atoms with Crippen LogP contribution >= 0.6 is 0 Å². The van der Waals surface area contributed by atoms with Crippen LogP contribution in [0.2, 0.25) is 0 Å². The maximum atomic E-state index is 12.4. The molecular formula is C16H23N3O3. The minimum atomic E-state index is -0.340. The van der Waals surface area contributed by atoms with Crippen molar-refractivity contribution in [3.05, 3.63) is 29.8 Å². The number of hydrogen-bond donors (Lipinski definition) is 2. The maximum absolute atomic E-state index is 12.4. The van der Waals surface area contributed by atoms with Gasteiger partial charge >= 0.3 is 0 Å². The van der Waals surface area contributed by atoms with Crippen molar-refractivity contribution in [3.63, 3.8) is 0 Å². The largest absolute Gasteiger partial charge is 0.497 e. The second-order valence-corrected chi connectivity index (χ2v) is 5.62. The summed E-state index contributed by atoms with van der Waals surface area (Å²) in [5, 5.41) is 2.84. The molecule has 3 N–H and O–H groups in total. The quantitative estimate of drug-likeness (QED) is 0.843. The van der Waals surface area contributed by atoms with Crippen LogP contribution in [0.15, 0.2) is 24.3 Å². The number of nitrogens with one attached hydrogen (secondary N) is 1. The fourth-order valence-electron chi connectivity index (χ4n) is 2.65. The molecule has 0 aromatic heterocycles. The molecule has 1 heterocycles. The summed E-state index contributed by atoms with van der Waals surface area (Å²) in [6, 6.07) is 7.09. The number of hydrogen-bond acceptors (Lipinski definition) is 4. The van der Waals surface area contributed by atoms with Crippen molar-refractivity contribution in [2.45, 2.75) is 31.8 Å². The molecule has 0 radical (unpaired) electrons. The summed E-state index contributed by atoms with van der Waals surface area (Å²) in [6.07, 6.45) is 1.07. The summed E-state index contributed by atoms with van der Waals surface area (Å²) in [5.41, 5.74) is 6.72. The van der Waals surface area contributed by atoms with Crippen molar-refractivity contribution >= 4 is 11.8 Å². The second-order valence-electron chi connectivity index (χ2n) is 5.62. The minimum Gasteiger partial charge on any atom is -0.497 e. The van der Waals surface area contributed by atoms with E-state index >= 15 is 0 Å². The number of methoxy groups -OCH3 is 1. The molecule has 22 heavy (non-hydrogen) atoms. The summed E-state index contributed by atoms with van der Waals surface area (Å²) in [5.74, 6) is 0.594. The lowest BCUT2D eigenvalue weighted by Gasteiger charge is -2.22. The Hall–Kier alpha value is -2.08. The predicted octanol–water partition coefficient (Wildman–Crippen LogP) is 0.822. The molecule has 1 aliphatic heterocycles. The average Bonchev–Trinajstić information content (AvgIpc) is 2.93. The van der Waals surface area contributed by atoms with Crippen molar-refractivity contribution in [2.24, 2.45) is 5.73 Å². The number of carbonyl (C=O) groups is 2. The van der Waals surface area contributed by atoms with Crippen LogP contribution in [0.25, 0.3) is 0 Å². The van der Waals surface area contributed by atoms with Gasteiger partial charge in [-0.3, -0.25) is 9.59 Å². The van der Waals surface area contributed by atoms with Gasteiger partial charge < -0.3 is 20.7 Å². The average molecular weight is 305 g/mol. The highest BCUT2D eigenvalue weighted by molar-refractivity contribution is 5.79. The van der Waals surface area contributed by atoms with Crippen molar-refractivity contribution in [1.82, 2.24) is 10.2 Å². The van der Waals surface area contributed by atoms with Gasteiger partial charge in [-0.25, -0.2) is 0 Å². The van der Waals surface area contributed by atoms with Crippen LogP contribution in [0, 0.1) is 0 Å². The molecule has 1 aromatic carbocycles. The van der Waals surface area contributed by atoms with Crippen molar-refractivity contribution in [3.8, 4) is 5.75 Å². The Morgan fingerprint density at radius 2 is 2.09 bits per heavy atom. The van der Waals surface area contributed by atoms with Gasteiger partial charge in [0, 0.05) is 26.1 Å². The van der Waals surface area contributed by atoms with E-state index in [1.807, 2.05) is 24.3 Å². The molecule has 0 saturated carbocycles. The fraction of sp³-hybridized carbons (Fsp3) is 0.500. The minimum absolute atomic E-state index is 0.0162. The first-order valence-electron chi connectivity index (χ1n) is 7.44. The third-order valence-corrected chi connectivity index (χ3v) is 3.85. The molecule has 0 bridgehead atoms. The molecule has 2 rings (SSSR count). The second kappa shape index (κ2) is 7.26. The van der Waals surface area contributed by atoms with Gasteiger partial charge in [-0.1, -0.05) is 12.1 Å². The van der Waals surface area contributed by atoms with E-state index in [0.29, 0.717) is 13.1 Å². The Labute approximate surface area is 130 Å². The number of benzene rings is 1. The lowest BCUT2D eigenvalue weighted by atomic mass is 10.0. The molecule has 1 fully saturated rings. The van der Waals surface area contributed by atoms with E-state index < -0.39 is 0 Å². The fourth-order valence-corrected chi connectivity index (χ4v) is 2.65. The monoisotopic (exact) mass is 305 g/mol. The molecule has 2 atom stereocenters. The zero-order chi connectivity index (χ0) is 16.1. The van der Waals surface area contributed by atoms with Crippen molar-refractivity contribution in [2.75, 3.05) is 20.2 Å². The van der Waals surface area contributed by atoms with Crippen LogP contribution in [-0.2, 0) is 9.59 Å². The van der Waals surface area contributed by atoms with Gasteiger partial charge in [0.2, 0.25) is 11.8 Å². The van der Waals surface area contributed by atoms with Crippen LogP contribution in [0.1, 0.15) is 31.4 Å². The lowest BCUT2D eigenvalue weighted by Crippen LogP contribution is -2.36. The van der Waals surface area contributed by atoms with Gasteiger partial charge in [-0.2, -0.15) is 0 Å². The van der Waals surface area contributed by atoms with E-state index in [4.69, 9.17) is 10.5 Å². The number of amides is 2. The van der Waals surface area contributed by atoms with Gasteiger partial charge in [0.05, 0.1) is 19.6 Å². The molecule has 0 unspecified atom stereocenters. The predicted molar refractivity (Wildman–Crippen MR) is 83.3 cm³/mol. The molecule has 0 spiro atoms. The molecule has 6 heteroatoms. The van der Waals surface area contributed by atoms with Gasteiger partial charge in [-0.05, 0) is 24.1 Å². The summed E-state index contributed by atoms with van der Waals surface area (Å²) in [4.78, 5) is 25.6. The standard InChI is InChI=1S/C16H23N3O3/c1-11(20)18-15(12-3-5-14(22-2)6-4-12)9-16(21)19-8-7-13(17)10-19/h3-6,13,15H,7-10,17H2,1-2H3,(H,18,20)/t13-,15-/m0/s1. The van der Waals surface area contributed by atoms with Gasteiger partial charge in [-0.15, -0.1) is 0 Å². The van der Waals surface area contributed by atoms with Crippen LogP contribution < -0.4 is 15.8 Å². The smallest absolute Gasteiger partial charge is 0.225 e. The van der Waals surface area contributed by atoms with E-state index in [1.165, 1.54) is 6.92 Å². The number of rotatable bonds is 5. The third-order valence-electron chi connectivity index (χ3n) is 3.85. The SMILES string of the molecule is COc1ccc([C@H](CC(=O)N2CC[C@H](N)C2)NC(C)=O)cc1. The lowest BCUT2D eigenvalue weighted by molar-refractivity contribution is -0.131. The van der Waals surface area contributed by atoms with E-state index in [0.717, 1.165) is 17.7 Å². The van der Waals surface area contributed by atoms with E-state index in [-0.39, 0.29) is 30.3 Å². The first-order chi connectivity index (χ1) is 10.5. The number of carbonyl (C=O) groups excluding carboxylic acids is 2. The van der Waals surface area contributed by atoms with Gasteiger partial charge in [0.25, 0.3) is 0 Å². The first-order valence-corrected chi connectivity index (χ1v) is 7.44. The van der Waals surface area contributed by atoms with Gasteiger partial charge in [0.15, 0.2) is 0 Å². The van der Waals surface area contributed by atoms with Crippen LogP contribution in [0.4, 0.5) is 0 Å². The number of likely N-dealkylation sites (tertiary alicyclic amines) is 1.